The fourth-order valence-electron chi connectivity index (χ4n) is 4.39. The average Bonchev–Trinajstić information content (AvgIpc) is 3.22. The van der Waals surface area contributed by atoms with E-state index in [1.54, 1.807) is 48.9 Å². The van der Waals surface area contributed by atoms with Gasteiger partial charge < -0.3 is 10.4 Å². The summed E-state index contributed by atoms with van der Waals surface area (Å²) in [5, 5.41) is 13.8. The molecular formula is C27H32F3N3O4S2. The molecular weight excluding hydrogens is 551 g/mol. The lowest BCUT2D eigenvalue weighted by Gasteiger charge is -2.24. The molecule has 1 aliphatic carbocycles. The highest BCUT2D eigenvalue weighted by Gasteiger charge is 2.39. The molecule has 1 saturated carbocycles. The van der Waals surface area contributed by atoms with Crippen molar-refractivity contribution in [2.24, 2.45) is 5.92 Å². The third-order valence-electron chi connectivity index (χ3n) is 6.86. The van der Waals surface area contributed by atoms with Crippen LogP contribution in [-0.4, -0.2) is 48.8 Å². The Morgan fingerprint density at radius 2 is 1.82 bits per heavy atom. The van der Waals surface area contributed by atoms with Crippen molar-refractivity contribution in [1.82, 2.24) is 15.0 Å². The number of hydrogen-bond acceptors (Lipinski definition) is 6. The predicted octanol–water partition coefficient (Wildman–Crippen LogP) is 5.43. The Kier molecular flexibility index (Phi) is 8.42. The second kappa shape index (κ2) is 11.1. The molecule has 1 heterocycles. The number of halogens is 3. The standard InChI is InChI=1S/C27H32F3N3O4S2/c1-16(27(28,29)30)33-39(36,37)22-12-11-20(18-9-4-5-10-19(18)22)23-21(15-17-7-6-8-17)32-25(38-23)24(34)31-14-13-26(2,3)35/h4-5,9-12,16-17,33,35H,6-8,13-15H2,1-3H3,(H,31,34)/t16-/m0/s1. The number of alkyl halides is 3. The number of rotatable bonds is 10. The molecule has 0 aliphatic heterocycles. The van der Waals surface area contributed by atoms with Gasteiger partial charge in [-0.3, -0.25) is 4.79 Å². The van der Waals surface area contributed by atoms with Crippen LogP contribution in [-0.2, 0) is 16.4 Å². The van der Waals surface area contributed by atoms with Crippen LogP contribution in [0.4, 0.5) is 13.2 Å². The zero-order valence-corrected chi connectivity index (χ0v) is 23.6. The Hall–Kier alpha value is -2.54. The fraction of sp³-hybridized carbons (Fsp3) is 0.481. The largest absolute Gasteiger partial charge is 0.404 e. The molecule has 3 aromatic rings. The number of benzene rings is 2. The summed E-state index contributed by atoms with van der Waals surface area (Å²) in [4.78, 5) is 18.0. The van der Waals surface area contributed by atoms with Crippen LogP contribution in [0.15, 0.2) is 41.3 Å². The van der Waals surface area contributed by atoms with Crippen molar-refractivity contribution in [2.45, 2.75) is 75.6 Å². The van der Waals surface area contributed by atoms with Gasteiger partial charge >= 0.3 is 6.18 Å². The Balaban J connectivity index is 1.74. The molecule has 1 atom stereocenters. The van der Waals surface area contributed by atoms with Gasteiger partial charge in [-0.25, -0.2) is 13.4 Å². The highest BCUT2D eigenvalue weighted by Crippen LogP contribution is 2.40. The Morgan fingerprint density at radius 3 is 2.41 bits per heavy atom. The number of nitrogens with zero attached hydrogens (tertiary/aromatic N) is 1. The number of aliphatic hydroxyl groups is 1. The molecule has 2 aromatic carbocycles. The molecule has 1 aromatic heterocycles. The summed E-state index contributed by atoms with van der Waals surface area (Å²) in [7, 11) is -4.49. The van der Waals surface area contributed by atoms with Gasteiger partial charge in [-0.1, -0.05) is 49.6 Å². The van der Waals surface area contributed by atoms with E-state index in [1.165, 1.54) is 17.4 Å². The van der Waals surface area contributed by atoms with Gasteiger partial charge in [0.2, 0.25) is 10.0 Å². The number of nitrogens with one attached hydrogen (secondary N) is 2. The smallest absolute Gasteiger partial charge is 0.390 e. The topological polar surface area (TPSA) is 108 Å². The fourth-order valence-corrected chi connectivity index (χ4v) is 6.88. The molecule has 12 heteroatoms. The van der Waals surface area contributed by atoms with Gasteiger partial charge in [0, 0.05) is 17.5 Å². The van der Waals surface area contributed by atoms with Crippen molar-refractivity contribution in [3.63, 3.8) is 0 Å². The number of aromatic nitrogens is 1. The van der Waals surface area contributed by atoms with Crippen molar-refractivity contribution in [3.8, 4) is 10.4 Å². The lowest BCUT2D eigenvalue weighted by atomic mass is 9.81. The van der Waals surface area contributed by atoms with E-state index >= 15 is 0 Å². The predicted molar refractivity (Wildman–Crippen MR) is 145 cm³/mol. The molecule has 0 saturated heterocycles. The van der Waals surface area contributed by atoms with Crippen LogP contribution in [0.5, 0.6) is 0 Å². The van der Waals surface area contributed by atoms with E-state index in [9.17, 15) is 31.5 Å². The molecule has 3 N–H and O–H groups in total. The maximum absolute atomic E-state index is 13.1. The maximum atomic E-state index is 13.1. The average molecular weight is 584 g/mol. The van der Waals surface area contributed by atoms with E-state index in [0.29, 0.717) is 29.7 Å². The number of fused-ring (bicyclic) bond motifs is 1. The number of amides is 1. The molecule has 1 fully saturated rings. The zero-order chi connectivity index (χ0) is 28.6. The number of sulfonamides is 1. The minimum absolute atomic E-state index is 0.257. The first-order chi connectivity index (χ1) is 18.2. The summed E-state index contributed by atoms with van der Waals surface area (Å²) >= 11 is 1.20. The molecule has 1 aliphatic rings. The zero-order valence-electron chi connectivity index (χ0n) is 21.9. The van der Waals surface area contributed by atoms with Crippen LogP contribution in [0.25, 0.3) is 21.2 Å². The highest BCUT2D eigenvalue weighted by atomic mass is 32.2. The third-order valence-corrected chi connectivity index (χ3v) is 9.59. The number of hydrogen-bond donors (Lipinski definition) is 3. The van der Waals surface area contributed by atoms with E-state index in [1.807, 2.05) is 0 Å². The first kappa shape index (κ1) is 29.4. The molecule has 0 spiro atoms. The van der Waals surface area contributed by atoms with Crippen molar-refractivity contribution >= 4 is 38.0 Å². The van der Waals surface area contributed by atoms with Gasteiger partial charge in [0.1, 0.15) is 6.04 Å². The van der Waals surface area contributed by atoms with Crippen molar-refractivity contribution < 1.29 is 31.5 Å². The quantitative estimate of drug-likeness (QED) is 0.295. The number of carbonyl (C=O) groups is 1. The summed E-state index contributed by atoms with van der Waals surface area (Å²) in [6.45, 7) is 4.34. The minimum atomic E-state index is -4.73. The number of carbonyl (C=O) groups excluding carboxylic acids is 1. The van der Waals surface area contributed by atoms with Crippen molar-refractivity contribution in [3.05, 3.63) is 47.1 Å². The summed E-state index contributed by atoms with van der Waals surface area (Å²) in [5.74, 6) is 0.0788. The summed E-state index contributed by atoms with van der Waals surface area (Å²) in [6, 6.07) is 7.25. The lowest BCUT2D eigenvalue weighted by molar-refractivity contribution is -0.147. The molecule has 4 rings (SSSR count). The first-order valence-corrected chi connectivity index (χ1v) is 15.1. The van der Waals surface area contributed by atoms with Crippen LogP contribution in [0.2, 0.25) is 0 Å². The lowest BCUT2D eigenvalue weighted by Crippen LogP contribution is -2.43. The van der Waals surface area contributed by atoms with E-state index < -0.39 is 27.8 Å². The van der Waals surface area contributed by atoms with E-state index in [4.69, 9.17) is 0 Å². The van der Waals surface area contributed by atoms with Gasteiger partial charge in [0.05, 0.1) is 21.1 Å². The third kappa shape index (κ3) is 6.97. The Labute approximate surface area is 229 Å². The summed E-state index contributed by atoms with van der Waals surface area (Å²) < 4.78 is 67.0. The number of thiazole rings is 1. The van der Waals surface area contributed by atoms with Crippen molar-refractivity contribution in [1.29, 1.82) is 0 Å². The van der Waals surface area contributed by atoms with E-state index in [-0.39, 0.29) is 27.7 Å². The summed E-state index contributed by atoms with van der Waals surface area (Å²) in [6.07, 6.45) is -0.440. The van der Waals surface area contributed by atoms with Crippen LogP contribution >= 0.6 is 11.3 Å². The molecule has 212 valence electrons. The maximum Gasteiger partial charge on any atom is 0.404 e. The SMILES string of the molecule is C[C@H](NS(=O)(=O)c1ccc(-c2sc(C(=O)NCCC(C)(C)O)nc2CC2CCC2)c2ccccc12)C(F)(F)F. The molecule has 7 nitrogen and oxygen atoms in total. The van der Waals surface area contributed by atoms with Crippen LogP contribution < -0.4 is 10.0 Å². The van der Waals surface area contributed by atoms with Gasteiger partial charge in [0.15, 0.2) is 5.01 Å². The Morgan fingerprint density at radius 1 is 1.15 bits per heavy atom. The van der Waals surface area contributed by atoms with Gasteiger partial charge in [0.25, 0.3) is 5.91 Å². The minimum Gasteiger partial charge on any atom is -0.390 e. The van der Waals surface area contributed by atoms with Crippen LogP contribution in [0.3, 0.4) is 0 Å². The molecule has 0 unspecified atom stereocenters. The van der Waals surface area contributed by atoms with E-state index in [2.05, 4.69) is 10.3 Å². The normalized spacial score (nSPS) is 15.8. The van der Waals surface area contributed by atoms with Gasteiger partial charge in [-0.15, -0.1) is 11.3 Å². The van der Waals surface area contributed by atoms with E-state index in [0.717, 1.165) is 36.8 Å². The molecule has 1 amide bonds. The van der Waals surface area contributed by atoms with Crippen molar-refractivity contribution in [2.75, 3.05) is 6.54 Å². The molecule has 0 radical (unpaired) electrons. The molecule has 0 bridgehead atoms. The Bertz CT molecular complexity index is 1460. The van der Waals surface area contributed by atoms with Crippen LogP contribution in [0, 0.1) is 5.92 Å². The molecule has 39 heavy (non-hydrogen) atoms. The monoisotopic (exact) mass is 583 g/mol. The van der Waals surface area contributed by atoms with Crippen LogP contribution in [0.1, 0.15) is 62.0 Å². The summed E-state index contributed by atoms with van der Waals surface area (Å²) in [5.41, 5.74) is 0.475. The second-order valence-corrected chi connectivity index (χ2v) is 13.3. The van der Waals surface area contributed by atoms with Gasteiger partial charge in [-0.05, 0) is 51.0 Å². The second-order valence-electron chi connectivity index (χ2n) is 10.7. The highest BCUT2D eigenvalue weighted by molar-refractivity contribution is 7.89. The first-order valence-electron chi connectivity index (χ1n) is 12.8. The van der Waals surface area contributed by atoms with Gasteiger partial charge in [-0.2, -0.15) is 17.9 Å².